The number of carbonyl (C=O) groups is 1. The first kappa shape index (κ1) is 15.6. The number of aryl methyl sites for hydroxylation is 1. The lowest BCUT2D eigenvalue weighted by Crippen LogP contribution is -2.29. The van der Waals surface area contributed by atoms with Crippen molar-refractivity contribution in [3.63, 3.8) is 0 Å². The second-order valence-electron chi connectivity index (χ2n) is 4.10. The van der Waals surface area contributed by atoms with E-state index < -0.39 is 27.3 Å². The number of anilines is 1. The normalized spacial score (nSPS) is 11.0. The van der Waals surface area contributed by atoms with E-state index in [-0.39, 0.29) is 4.99 Å². The Hall–Kier alpha value is -1.47. The standard InChI is InChI=1S/C12H16N2O3S2/c1-2-9-3-5-10(6-4-9)14-12(15)8-19(16,17)7-11(13)18/h3-6H,2,7-8H2,1H3,(H2,13,18)(H,14,15). The summed E-state index contributed by atoms with van der Waals surface area (Å²) in [4.78, 5) is 11.5. The molecular weight excluding hydrogens is 284 g/mol. The molecule has 1 rings (SSSR count). The minimum atomic E-state index is -3.59. The van der Waals surface area contributed by atoms with E-state index in [0.29, 0.717) is 5.69 Å². The molecule has 1 amide bonds. The van der Waals surface area contributed by atoms with Gasteiger partial charge in [-0.05, 0) is 24.1 Å². The summed E-state index contributed by atoms with van der Waals surface area (Å²) in [6, 6.07) is 7.21. The highest BCUT2D eigenvalue weighted by Crippen LogP contribution is 2.10. The maximum absolute atomic E-state index is 11.6. The van der Waals surface area contributed by atoms with Gasteiger partial charge in [-0.15, -0.1) is 0 Å². The second kappa shape index (κ2) is 6.63. The van der Waals surface area contributed by atoms with Crippen LogP contribution in [0.25, 0.3) is 0 Å². The molecule has 1 aromatic carbocycles. The van der Waals surface area contributed by atoms with Gasteiger partial charge in [0.15, 0.2) is 9.84 Å². The van der Waals surface area contributed by atoms with Crippen LogP contribution < -0.4 is 11.1 Å². The topological polar surface area (TPSA) is 89.3 Å². The molecule has 19 heavy (non-hydrogen) atoms. The van der Waals surface area contributed by atoms with Crippen molar-refractivity contribution in [1.82, 2.24) is 0 Å². The van der Waals surface area contributed by atoms with Gasteiger partial charge < -0.3 is 11.1 Å². The summed E-state index contributed by atoms with van der Waals surface area (Å²) in [5.41, 5.74) is 6.86. The number of hydrogen-bond donors (Lipinski definition) is 2. The molecule has 1 aromatic rings. The highest BCUT2D eigenvalue weighted by Gasteiger charge is 2.17. The third-order valence-corrected chi connectivity index (χ3v) is 4.14. The summed E-state index contributed by atoms with van der Waals surface area (Å²) in [6.07, 6.45) is 0.899. The number of thiocarbonyl (C=S) groups is 1. The van der Waals surface area contributed by atoms with Crippen LogP contribution in [0.3, 0.4) is 0 Å². The molecule has 0 spiro atoms. The quantitative estimate of drug-likeness (QED) is 0.762. The van der Waals surface area contributed by atoms with Crippen molar-refractivity contribution >= 4 is 38.6 Å². The monoisotopic (exact) mass is 300 g/mol. The number of nitrogens with two attached hydrogens (primary N) is 1. The van der Waals surface area contributed by atoms with Crippen LogP contribution in [0.5, 0.6) is 0 Å². The Labute approximate surface area is 118 Å². The fourth-order valence-electron chi connectivity index (χ4n) is 1.49. The maximum atomic E-state index is 11.6. The van der Waals surface area contributed by atoms with E-state index in [2.05, 4.69) is 17.5 Å². The van der Waals surface area contributed by atoms with E-state index in [0.717, 1.165) is 12.0 Å². The van der Waals surface area contributed by atoms with Crippen molar-refractivity contribution in [1.29, 1.82) is 0 Å². The lowest BCUT2D eigenvalue weighted by atomic mass is 10.1. The highest BCUT2D eigenvalue weighted by molar-refractivity contribution is 7.94. The minimum Gasteiger partial charge on any atom is -0.392 e. The van der Waals surface area contributed by atoms with E-state index in [1.54, 1.807) is 12.1 Å². The van der Waals surface area contributed by atoms with Gasteiger partial charge >= 0.3 is 0 Å². The van der Waals surface area contributed by atoms with Gasteiger partial charge in [0.2, 0.25) is 5.91 Å². The lowest BCUT2D eigenvalue weighted by molar-refractivity contribution is -0.113. The van der Waals surface area contributed by atoms with Crippen LogP contribution in [-0.4, -0.2) is 30.8 Å². The largest absolute Gasteiger partial charge is 0.392 e. The summed E-state index contributed by atoms with van der Waals surface area (Å²) in [7, 11) is -3.59. The van der Waals surface area contributed by atoms with Gasteiger partial charge in [0.25, 0.3) is 0 Å². The van der Waals surface area contributed by atoms with E-state index >= 15 is 0 Å². The molecule has 5 nitrogen and oxygen atoms in total. The van der Waals surface area contributed by atoms with Gasteiger partial charge in [-0.25, -0.2) is 8.42 Å². The van der Waals surface area contributed by atoms with Crippen LogP contribution in [0.1, 0.15) is 12.5 Å². The molecule has 0 atom stereocenters. The van der Waals surface area contributed by atoms with Gasteiger partial charge in [-0.1, -0.05) is 31.3 Å². The van der Waals surface area contributed by atoms with Gasteiger partial charge in [0.1, 0.15) is 11.5 Å². The fraction of sp³-hybridized carbons (Fsp3) is 0.333. The van der Waals surface area contributed by atoms with Crippen molar-refractivity contribution in [2.24, 2.45) is 5.73 Å². The zero-order valence-electron chi connectivity index (χ0n) is 10.5. The first-order valence-electron chi connectivity index (χ1n) is 5.70. The smallest absolute Gasteiger partial charge is 0.239 e. The van der Waals surface area contributed by atoms with Crippen LogP contribution in [0, 0.1) is 0 Å². The first-order valence-corrected chi connectivity index (χ1v) is 7.93. The summed E-state index contributed by atoms with van der Waals surface area (Å²) in [5, 5.41) is 2.52. The van der Waals surface area contributed by atoms with E-state index in [1.165, 1.54) is 0 Å². The Kier molecular flexibility index (Phi) is 5.44. The second-order valence-corrected chi connectivity index (χ2v) is 6.69. The Morgan fingerprint density at radius 2 is 1.84 bits per heavy atom. The molecule has 0 radical (unpaired) electrons. The summed E-state index contributed by atoms with van der Waals surface area (Å²) < 4.78 is 23.0. The number of nitrogens with one attached hydrogen (secondary N) is 1. The Morgan fingerprint density at radius 3 is 2.32 bits per heavy atom. The van der Waals surface area contributed by atoms with Crippen LogP contribution in [0.2, 0.25) is 0 Å². The number of amides is 1. The SMILES string of the molecule is CCc1ccc(NC(=O)CS(=O)(=O)CC(N)=S)cc1. The molecule has 0 saturated carbocycles. The molecule has 7 heteroatoms. The van der Waals surface area contributed by atoms with Gasteiger partial charge in [-0.2, -0.15) is 0 Å². The van der Waals surface area contributed by atoms with Crippen LogP contribution in [-0.2, 0) is 21.1 Å². The van der Waals surface area contributed by atoms with E-state index in [9.17, 15) is 13.2 Å². The Morgan fingerprint density at radius 1 is 1.26 bits per heavy atom. The van der Waals surface area contributed by atoms with Gasteiger partial charge in [0, 0.05) is 5.69 Å². The molecule has 0 bridgehead atoms. The zero-order valence-corrected chi connectivity index (χ0v) is 12.2. The molecular formula is C12H16N2O3S2. The number of carbonyl (C=O) groups excluding carboxylic acids is 1. The molecule has 0 heterocycles. The van der Waals surface area contributed by atoms with Crippen molar-refractivity contribution in [2.75, 3.05) is 16.8 Å². The van der Waals surface area contributed by atoms with Gasteiger partial charge in [0.05, 0.1) is 4.99 Å². The minimum absolute atomic E-state index is 0.139. The summed E-state index contributed by atoms with van der Waals surface area (Å²) in [5.74, 6) is -1.68. The summed E-state index contributed by atoms with van der Waals surface area (Å²) in [6.45, 7) is 2.02. The van der Waals surface area contributed by atoms with Crippen molar-refractivity contribution in [2.45, 2.75) is 13.3 Å². The van der Waals surface area contributed by atoms with Crippen molar-refractivity contribution < 1.29 is 13.2 Å². The summed E-state index contributed by atoms with van der Waals surface area (Å²) >= 11 is 4.52. The maximum Gasteiger partial charge on any atom is 0.239 e. The third-order valence-electron chi connectivity index (χ3n) is 2.36. The molecule has 0 fully saturated rings. The predicted octanol–water partition coefficient (Wildman–Crippen LogP) is 0.888. The molecule has 104 valence electrons. The van der Waals surface area contributed by atoms with Crippen molar-refractivity contribution in [3.8, 4) is 0 Å². The van der Waals surface area contributed by atoms with Crippen LogP contribution >= 0.6 is 12.2 Å². The third kappa shape index (κ3) is 5.80. The number of rotatable bonds is 6. The Bertz CT molecular complexity index is 565. The van der Waals surface area contributed by atoms with Crippen LogP contribution in [0.4, 0.5) is 5.69 Å². The number of benzene rings is 1. The molecule has 0 unspecified atom stereocenters. The highest BCUT2D eigenvalue weighted by atomic mass is 32.2. The molecule has 3 N–H and O–H groups in total. The average Bonchev–Trinajstić information content (AvgIpc) is 2.27. The predicted molar refractivity (Wildman–Crippen MR) is 79.9 cm³/mol. The first-order chi connectivity index (χ1) is 8.82. The number of hydrogen-bond acceptors (Lipinski definition) is 4. The van der Waals surface area contributed by atoms with E-state index in [1.807, 2.05) is 19.1 Å². The zero-order chi connectivity index (χ0) is 14.5. The molecule has 0 saturated heterocycles. The molecule has 0 aromatic heterocycles. The Balaban J connectivity index is 2.62. The number of sulfone groups is 1. The van der Waals surface area contributed by atoms with Crippen LogP contribution in [0.15, 0.2) is 24.3 Å². The van der Waals surface area contributed by atoms with Crippen molar-refractivity contribution in [3.05, 3.63) is 29.8 Å². The lowest BCUT2D eigenvalue weighted by Gasteiger charge is -2.06. The molecule has 0 aliphatic heterocycles. The molecule has 0 aliphatic carbocycles. The molecule has 0 aliphatic rings. The fourth-order valence-corrected chi connectivity index (χ4v) is 3.03. The van der Waals surface area contributed by atoms with E-state index in [4.69, 9.17) is 5.73 Å². The average molecular weight is 300 g/mol. The van der Waals surface area contributed by atoms with Gasteiger partial charge in [-0.3, -0.25) is 4.79 Å².